The summed E-state index contributed by atoms with van der Waals surface area (Å²) in [5.41, 5.74) is 1.42. The van der Waals surface area contributed by atoms with Crippen molar-refractivity contribution in [1.82, 2.24) is 0 Å². The zero-order chi connectivity index (χ0) is 9.88. The Kier molecular flexibility index (Phi) is 1.33. The molecule has 0 bridgehead atoms. The van der Waals surface area contributed by atoms with Gasteiger partial charge in [0.25, 0.3) is 5.79 Å². The van der Waals surface area contributed by atoms with Crippen LogP contribution in [0.25, 0.3) is 0 Å². The second-order valence-electron chi connectivity index (χ2n) is 4.95. The van der Waals surface area contributed by atoms with Gasteiger partial charge in [-0.3, -0.25) is 0 Å². The van der Waals surface area contributed by atoms with E-state index in [0.717, 1.165) is 30.3 Å². The molecule has 1 heterocycles. The van der Waals surface area contributed by atoms with E-state index in [0.29, 0.717) is 0 Å². The van der Waals surface area contributed by atoms with Crippen LogP contribution in [0, 0.1) is 0 Å². The predicted molar refractivity (Wildman–Crippen MR) is 56.3 cm³/mol. The van der Waals surface area contributed by atoms with Crippen LogP contribution in [0.5, 0.6) is 11.5 Å². The molecule has 0 unspecified atom stereocenters. The predicted octanol–water partition coefficient (Wildman–Crippen LogP) is 3.22. The lowest BCUT2D eigenvalue weighted by atomic mass is 9.91. The number of benzene rings is 1. The summed E-state index contributed by atoms with van der Waals surface area (Å²) in [4.78, 5) is 0. The van der Waals surface area contributed by atoms with Crippen LogP contribution in [0.1, 0.15) is 43.6 Å². The van der Waals surface area contributed by atoms with Crippen molar-refractivity contribution in [3.8, 4) is 11.5 Å². The first kappa shape index (κ1) is 8.03. The van der Waals surface area contributed by atoms with Gasteiger partial charge in [-0.1, -0.05) is 6.07 Å². The molecular weight excluding hydrogens is 188 g/mol. The van der Waals surface area contributed by atoms with Crippen LogP contribution in [0.15, 0.2) is 18.2 Å². The van der Waals surface area contributed by atoms with E-state index >= 15 is 0 Å². The van der Waals surface area contributed by atoms with Crippen LogP contribution in [0.4, 0.5) is 0 Å². The van der Waals surface area contributed by atoms with Crippen LogP contribution in [-0.2, 0) is 0 Å². The Bertz CT molecular complexity index is 417. The van der Waals surface area contributed by atoms with Crippen LogP contribution in [-0.4, -0.2) is 5.79 Å². The SMILES string of the molecule is c1cc2c(cc1C1CC1)OC1(CCC1)O2. The van der Waals surface area contributed by atoms with Gasteiger partial charge in [0.2, 0.25) is 0 Å². The summed E-state index contributed by atoms with van der Waals surface area (Å²) >= 11 is 0. The molecule has 2 heteroatoms. The molecule has 1 spiro atoms. The molecule has 0 amide bonds. The molecule has 2 fully saturated rings. The molecule has 2 nitrogen and oxygen atoms in total. The Labute approximate surface area is 89.2 Å². The lowest BCUT2D eigenvalue weighted by Gasteiger charge is -2.35. The van der Waals surface area contributed by atoms with Crippen LogP contribution in [0.3, 0.4) is 0 Å². The van der Waals surface area contributed by atoms with Gasteiger partial charge < -0.3 is 9.47 Å². The highest BCUT2D eigenvalue weighted by Crippen LogP contribution is 2.50. The van der Waals surface area contributed by atoms with Gasteiger partial charge in [0.1, 0.15) is 0 Å². The first-order valence-corrected chi connectivity index (χ1v) is 5.87. The van der Waals surface area contributed by atoms with E-state index in [2.05, 4.69) is 18.2 Å². The van der Waals surface area contributed by atoms with Gasteiger partial charge in [-0.2, -0.15) is 0 Å². The zero-order valence-electron chi connectivity index (χ0n) is 8.66. The highest BCUT2D eigenvalue weighted by atomic mass is 16.7. The smallest absolute Gasteiger partial charge is 0.251 e. The quantitative estimate of drug-likeness (QED) is 0.696. The van der Waals surface area contributed by atoms with Crippen LogP contribution < -0.4 is 9.47 Å². The number of rotatable bonds is 1. The molecule has 78 valence electrons. The summed E-state index contributed by atoms with van der Waals surface area (Å²) in [6.07, 6.45) is 5.99. The molecule has 1 aliphatic heterocycles. The summed E-state index contributed by atoms with van der Waals surface area (Å²) < 4.78 is 11.8. The van der Waals surface area contributed by atoms with Gasteiger partial charge in [-0.15, -0.1) is 0 Å². The third kappa shape index (κ3) is 1.11. The van der Waals surface area contributed by atoms with Crippen molar-refractivity contribution in [2.45, 2.75) is 43.8 Å². The van der Waals surface area contributed by atoms with Crippen molar-refractivity contribution in [2.24, 2.45) is 0 Å². The van der Waals surface area contributed by atoms with Crippen molar-refractivity contribution in [3.05, 3.63) is 23.8 Å². The van der Waals surface area contributed by atoms with E-state index < -0.39 is 0 Å². The molecule has 3 aliphatic rings. The van der Waals surface area contributed by atoms with Crippen molar-refractivity contribution < 1.29 is 9.47 Å². The Morgan fingerprint density at radius 2 is 1.87 bits per heavy atom. The maximum absolute atomic E-state index is 5.93. The topological polar surface area (TPSA) is 18.5 Å². The van der Waals surface area contributed by atoms with Crippen molar-refractivity contribution >= 4 is 0 Å². The highest BCUT2D eigenvalue weighted by Gasteiger charge is 2.47. The molecular formula is C13H14O2. The Morgan fingerprint density at radius 3 is 2.53 bits per heavy atom. The van der Waals surface area contributed by atoms with E-state index in [4.69, 9.17) is 9.47 Å². The number of hydrogen-bond donors (Lipinski definition) is 0. The molecule has 1 aromatic carbocycles. The Balaban J connectivity index is 1.70. The summed E-state index contributed by atoms with van der Waals surface area (Å²) in [5.74, 6) is 2.43. The van der Waals surface area contributed by atoms with E-state index in [9.17, 15) is 0 Å². The fraction of sp³-hybridized carbons (Fsp3) is 0.538. The van der Waals surface area contributed by atoms with E-state index in [1.54, 1.807) is 0 Å². The second-order valence-corrected chi connectivity index (χ2v) is 4.95. The van der Waals surface area contributed by atoms with Gasteiger partial charge in [0.15, 0.2) is 11.5 Å². The minimum atomic E-state index is -0.273. The molecule has 15 heavy (non-hydrogen) atoms. The maximum Gasteiger partial charge on any atom is 0.251 e. The van der Waals surface area contributed by atoms with Crippen molar-refractivity contribution in [3.63, 3.8) is 0 Å². The number of fused-ring (bicyclic) bond motifs is 1. The monoisotopic (exact) mass is 202 g/mol. The fourth-order valence-corrected chi connectivity index (χ4v) is 2.45. The third-order valence-corrected chi connectivity index (χ3v) is 3.72. The number of ether oxygens (including phenoxy) is 2. The van der Waals surface area contributed by atoms with Gasteiger partial charge in [-0.05, 0) is 42.9 Å². The summed E-state index contributed by atoms with van der Waals surface area (Å²) in [6, 6.07) is 6.45. The standard InChI is InChI=1S/C13H14O2/c1-6-13(7-1)14-11-5-4-10(9-2-3-9)8-12(11)15-13/h4-5,8-9H,1-3,6-7H2. The highest BCUT2D eigenvalue weighted by molar-refractivity contribution is 5.47. The third-order valence-electron chi connectivity index (χ3n) is 3.72. The van der Waals surface area contributed by atoms with Gasteiger partial charge in [0.05, 0.1) is 0 Å². The largest absolute Gasteiger partial charge is 0.448 e. The molecule has 0 aromatic heterocycles. The van der Waals surface area contributed by atoms with E-state index in [1.807, 2.05) is 0 Å². The first-order valence-electron chi connectivity index (χ1n) is 5.87. The van der Waals surface area contributed by atoms with Crippen LogP contribution >= 0.6 is 0 Å². The van der Waals surface area contributed by atoms with Crippen molar-refractivity contribution in [2.75, 3.05) is 0 Å². The summed E-state index contributed by atoms with van der Waals surface area (Å²) in [7, 11) is 0. The molecule has 0 saturated heterocycles. The molecule has 2 saturated carbocycles. The molecule has 0 radical (unpaired) electrons. The van der Waals surface area contributed by atoms with Gasteiger partial charge in [0, 0.05) is 12.8 Å². The zero-order valence-corrected chi connectivity index (χ0v) is 8.66. The summed E-state index contributed by atoms with van der Waals surface area (Å²) in [5, 5.41) is 0. The first-order chi connectivity index (χ1) is 7.35. The molecule has 4 rings (SSSR count). The van der Waals surface area contributed by atoms with E-state index in [1.165, 1.54) is 24.8 Å². The van der Waals surface area contributed by atoms with Crippen LogP contribution in [0.2, 0.25) is 0 Å². The molecule has 0 atom stereocenters. The fourth-order valence-electron chi connectivity index (χ4n) is 2.45. The van der Waals surface area contributed by atoms with Crippen molar-refractivity contribution in [1.29, 1.82) is 0 Å². The minimum absolute atomic E-state index is 0.273. The average Bonchev–Trinajstić information content (AvgIpc) is 2.95. The molecule has 1 aromatic rings. The lowest BCUT2D eigenvalue weighted by molar-refractivity contribution is -0.138. The van der Waals surface area contributed by atoms with Gasteiger partial charge >= 0.3 is 0 Å². The van der Waals surface area contributed by atoms with E-state index in [-0.39, 0.29) is 5.79 Å². The Morgan fingerprint density at radius 1 is 1.07 bits per heavy atom. The van der Waals surface area contributed by atoms with Gasteiger partial charge in [-0.25, -0.2) is 0 Å². The maximum atomic E-state index is 5.93. The summed E-state index contributed by atoms with van der Waals surface area (Å²) in [6.45, 7) is 0. The Hall–Kier alpha value is -1.18. The number of hydrogen-bond acceptors (Lipinski definition) is 2. The average molecular weight is 202 g/mol. The minimum Gasteiger partial charge on any atom is -0.448 e. The normalized spacial score (nSPS) is 25.3. The molecule has 2 aliphatic carbocycles. The molecule has 0 N–H and O–H groups in total. The second kappa shape index (κ2) is 2.49. The lowest BCUT2D eigenvalue weighted by Crippen LogP contribution is -2.45.